The van der Waals surface area contributed by atoms with E-state index in [9.17, 15) is 23.6 Å². The number of fused-ring (bicyclic) bond motifs is 2. The van der Waals surface area contributed by atoms with Crippen LogP contribution in [0.25, 0.3) is 0 Å². The van der Waals surface area contributed by atoms with Gasteiger partial charge in [0.05, 0.1) is 17.8 Å². The minimum atomic E-state index is -1.39. The Labute approximate surface area is 231 Å². The second-order valence-electron chi connectivity index (χ2n) is 9.30. The summed E-state index contributed by atoms with van der Waals surface area (Å²) in [5.74, 6) is -2.27. The number of para-hydroxylation sites is 2. The first kappa shape index (κ1) is 28.6. The molecule has 39 heavy (non-hydrogen) atoms. The Morgan fingerprint density at radius 3 is 2.23 bits per heavy atom. The fraction of sp³-hybridized carbons (Fsp3) is 0.429. The smallest absolute Gasteiger partial charge is 0.329 e. The maximum absolute atomic E-state index is 14.1. The first-order chi connectivity index (χ1) is 18.9. The van der Waals surface area contributed by atoms with Crippen molar-refractivity contribution >= 4 is 46.8 Å². The fourth-order valence-electron chi connectivity index (χ4n) is 4.78. The number of hydroxylamine groups is 2. The molecule has 208 valence electrons. The molecule has 2 unspecified atom stereocenters. The lowest BCUT2D eigenvalue weighted by molar-refractivity contribution is -0.189. The maximum atomic E-state index is 14.1. The number of benzene rings is 2. The molecule has 9 nitrogen and oxygen atoms in total. The van der Waals surface area contributed by atoms with Crippen molar-refractivity contribution in [1.29, 1.82) is 0 Å². The number of hydrogen-bond acceptors (Lipinski definition) is 7. The van der Waals surface area contributed by atoms with Crippen LogP contribution in [0.4, 0.5) is 20.6 Å². The fourth-order valence-corrected chi connectivity index (χ4v) is 5.84. The highest BCUT2D eigenvalue weighted by molar-refractivity contribution is 7.99. The Kier molecular flexibility index (Phi) is 9.58. The molecule has 0 radical (unpaired) electrons. The number of ketones is 1. The van der Waals surface area contributed by atoms with E-state index in [-0.39, 0.29) is 6.03 Å². The topological polar surface area (TPSA) is 99.3 Å². The van der Waals surface area contributed by atoms with E-state index >= 15 is 0 Å². The Bertz CT molecular complexity index is 1180. The maximum Gasteiger partial charge on any atom is 0.329 e. The number of likely N-dealkylation sites (tertiary alicyclic amines) is 1. The van der Waals surface area contributed by atoms with Crippen molar-refractivity contribution in [2.24, 2.45) is 0 Å². The van der Waals surface area contributed by atoms with E-state index in [1.807, 2.05) is 48.5 Å². The quantitative estimate of drug-likeness (QED) is 0.455. The zero-order valence-electron chi connectivity index (χ0n) is 22.1. The van der Waals surface area contributed by atoms with Crippen LogP contribution in [0.15, 0.2) is 58.3 Å². The molecule has 0 bridgehead atoms. The molecule has 2 aliphatic heterocycles. The van der Waals surface area contributed by atoms with Gasteiger partial charge < -0.3 is 15.1 Å². The van der Waals surface area contributed by atoms with Crippen LogP contribution in [0.5, 0.6) is 0 Å². The zero-order chi connectivity index (χ0) is 27.9. The van der Waals surface area contributed by atoms with E-state index in [4.69, 9.17) is 4.84 Å². The summed E-state index contributed by atoms with van der Waals surface area (Å²) in [6.07, 6.45) is 1.29. The first-order valence-electron chi connectivity index (χ1n) is 13.2. The van der Waals surface area contributed by atoms with Gasteiger partial charge in [0, 0.05) is 29.4 Å². The molecule has 0 aromatic heterocycles. The van der Waals surface area contributed by atoms with E-state index in [1.54, 1.807) is 30.5 Å². The monoisotopic (exact) mass is 556 g/mol. The first-order valence-corrected chi connectivity index (χ1v) is 14.0. The number of Topliss-reactive ketones (excluding diaryl/α,β-unsaturated/α-hetero) is 1. The van der Waals surface area contributed by atoms with Crippen LogP contribution in [-0.2, 0) is 19.2 Å². The molecule has 4 rings (SSSR count). The highest BCUT2D eigenvalue weighted by Gasteiger charge is 2.39. The van der Waals surface area contributed by atoms with Crippen LogP contribution < -0.4 is 10.2 Å². The second-order valence-corrected chi connectivity index (χ2v) is 10.4. The molecule has 0 spiro atoms. The normalized spacial score (nSPS) is 17.2. The van der Waals surface area contributed by atoms with Gasteiger partial charge in [0.1, 0.15) is 18.8 Å². The van der Waals surface area contributed by atoms with Gasteiger partial charge in [-0.2, -0.15) is 0 Å². The van der Waals surface area contributed by atoms with Crippen LogP contribution in [0.1, 0.15) is 39.5 Å². The van der Waals surface area contributed by atoms with E-state index in [0.717, 1.165) is 21.2 Å². The summed E-state index contributed by atoms with van der Waals surface area (Å²) in [4.78, 5) is 62.5. The number of amides is 3. The van der Waals surface area contributed by atoms with E-state index in [1.165, 1.54) is 9.96 Å². The van der Waals surface area contributed by atoms with Crippen LogP contribution in [0.3, 0.4) is 0 Å². The summed E-state index contributed by atoms with van der Waals surface area (Å²) in [6.45, 7) is 3.49. The standard InChI is InChI=1S/C28H33FN4O5S/c1-3-31(4-2)38-26(35)17-19(23(34)18-29)30-27(36)22-13-9-10-16-32(22)28(37)33-20-11-5-7-14-24(20)39-25-15-8-6-12-21(25)33/h5-8,11-12,14-15,19,22H,3-4,9-10,13,16-18H2,1-2H3,(H,30,36). The third kappa shape index (κ3) is 6.42. The number of anilines is 2. The molecule has 2 heterocycles. The van der Waals surface area contributed by atoms with Gasteiger partial charge in [0.2, 0.25) is 5.91 Å². The van der Waals surface area contributed by atoms with Crippen LogP contribution >= 0.6 is 11.8 Å². The molecule has 0 aliphatic carbocycles. The van der Waals surface area contributed by atoms with Crippen molar-refractivity contribution in [3.8, 4) is 0 Å². The minimum Gasteiger partial charge on any atom is -0.368 e. The summed E-state index contributed by atoms with van der Waals surface area (Å²) >= 11 is 1.57. The zero-order valence-corrected chi connectivity index (χ0v) is 22.9. The lowest BCUT2D eigenvalue weighted by Crippen LogP contribution is -2.57. The molecule has 2 atom stereocenters. The van der Waals surface area contributed by atoms with Gasteiger partial charge in [-0.25, -0.2) is 9.18 Å². The van der Waals surface area contributed by atoms with Gasteiger partial charge >= 0.3 is 12.0 Å². The number of urea groups is 1. The van der Waals surface area contributed by atoms with Gasteiger partial charge in [-0.15, -0.1) is 5.06 Å². The molecule has 3 amide bonds. The molecular weight excluding hydrogens is 523 g/mol. The van der Waals surface area contributed by atoms with Crippen molar-refractivity contribution in [3.05, 3.63) is 48.5 Å². The second kappa shape index (κ2) is 13.1. The Balaban J connectivity index is 1.56. The predicted octanol–water partition coefficient (Wildman–Crippen LogP) is 4.48. The highest BCUT2D eigenvalue weighted by atomic mass is 32.2. The average Bonchev–Trinajstić information content (AvgIpc) is 2.97. The van der Waals surface area contributed by atoms with E-state index in [0.29, 0.717) is 38.9 Å². The largest absolute Gasteiger partial charge is 0.368 e. The number of nitrogens with one attached hydrogen (secondary N) is 1. The molecule has 2 aromatic carbocycles. The molecule has 2 aromatic rings. The van der Waals surface area contributed by atoms with Gasteiger partial charge in [-0.1, -0.05) is 36.0 Å². The minimum absolute atomic E-state index is 0.344. The number of nitrogens with zero attached hydrogens (tertiary/aromatic N) is 3. The summed E-state index contributed by atoms with van der Waals surface area (Å²) in [6, 6.07) is 12.5. The van der Waals surface area contributed by atoms with Crippen molar-refractivity contribution in [3.63, 3.8) is 0 Å². The number of carbonyl (C=O) groups excluding carboxylic acids is 4. The SMILES string of the molecule is CCN(CC)OC(=O)CC(NC(=O)C1CCCCN1C(=O)N1c2ccccc2Sc2ccccc21)C(=O)CF. The molecule has 2 aliphatic rings. The summed E-state index contributed by atoms with van der Waals surface area (Å²) in [5, 5.41) is 3.94. The third-order valence-electron chi connectivity index (χ3n) is 6.82. The van der Waals surface area contributed by atoms with Crippen molar-refractivity contribution in [1.82, 2.24) is 15.3 Å². The van der Waals surface area contributed by atoms with Crippen LogP contribution in [0, 0.1) is 0 Å². The molecule has 0 saturated carbocycles. The summed E-state index contributed by atoms with van der Waals surface area (Å²) in [5.41, 5.74) is 1.45. The van der Waals surface area contributed by atoms with Gasteiger partial charge in [0.15, 0.2) is 5.78 Å². The van der Waals surface area contributed by atoms with Gasteiger partial charge in [0.25, 0.3) is 0 Å². The third-order valence-corrected chi connectivity index (χ3v) is 7.95. The van der Waals surface area contributed by atoms with Crippen LogP contribution in [-0.4, -0.2) is 72.0 Å². The van der Waals surface area contributed by atoms with Crippen molar-refractivity contribution < 1.29 is 28.4 Å². The Hall–Kier alpha value is -3.44. The molecular formula is C28H33FN4O5S. The van der Waals surface area contributed by atoms with Crippen LogP contribution in [0.2, 0.25) is 0 Å². The molecule has 1 N–H and O–H groups in total. The van der Waals surface area contributed by atoms with E-state index in [2.05, 4.69) is 5.32 Å². The molecule has 1 saturated heterocycles. The number of rotatable bonds is 9. The van der Waals surface area contributed by atoms with E-state index < -0.39 is 42.8 Å². The number of hydrogen-bond donors (Lipinski definition) is 1. The lowest BCUT2D eigenvalue weighted by atomic mass is 10.0. The highest BCUT2D eigenvalue weighted by Crippen LogP contribution is 2.48. The van der Waals surface area contributed by atoms with Gasteiger partial charge in [-0.05, 0) is 57.4 Å². The average molecular weight is 557 g/mol. The number of halogens is 1. The summed E-state index contributed by atoms with van der Waals surface area (Å²) in [7, 11) is 0. The molecule has 11 heteroatoms. The number of piperidine rings is 1. The van der Waals surface area contributed by atoms with Crippen molar-refractivity contribution in [2.45, 2.75) is 61.4 Å². The molecule has 1 fully saturated rings. The van der Waals surface area contributed by atoms with Crippen molar-refractivity contribution in [2.75, 3.05) is 31.2 Å². The summed E-state index contributed by atoms with van der Waals surface area (Å²) < 4.78 is 13.4. The Morgan fingerprint density at radius 2 is 1.64 bits per heavy atom. The van der Waals surface area contributed by atoms with Gasteiger partial charge in [-0.3, -0.25) is 19.3 Å². The lowest BCUT2D eigenvalue weighted by Gasteiger charge is -2.40. The number of alkyl halides is 1. The predicted molar refractivity (Wildman–Crippen MR) is 145 cm³/mol. The number of carbonyl (C=O) groups is 4. The Morgan fingerprint density at radius 1 is 1.03 bits per heavy atom.